The molecule has 0 unspecified atom stereocenters. The normalized spacial score (nSPS) is 15.3. The summed E-state index contributed by atoms with van der Waals surface area (Å²) in [5.74, 6) is 0.802. The standard InChI is InChI=1S/C18H20N4O/c23-18(11-13-12-19-16-8-4-3-7-15(13)16)21-17-9-10-20-22(17)14-5-1-2-6-14/h3-4,7-10,12,14,19H,1-2,5-6,11H2,(H,21,23). The smallest absolute Gasteiger partial charge is 0.230 e. The van der Waals surface area contributed by atoms with Crippen molar-refractivity contribution in [2.24, 2.45) is 0 Å². The van der Waals surface area contributed by atoms with Crippen molar-refractivity contribution in [1.82, 2.24) is 14.8 Å². The van der Waals surface area contributed by atoms with Crippen molar-refractivity contribution in [3.8, 4) is 0 Å². The fourth-order valence-corrected chi connectivity index (χ4v) is 3.49. The van der Waals surface area contributed by atoms with Crippen LogP contribution in [0.2, 0.25) is 0 Å². The molecule has 1 aliphatic rings. The second-order valence-electron chi connectivity index (χ2n) is 6.18. The predicted octanol–water partition coefficient (Wildman–Crippen LogP) is 3.66. The topological polar surface area (TPSA) is 62.7 Å². The van der Waals surface area contributed by atoms with Gasteiger partial charge in [0, 0.05) is 23.2 Å². The van der Waals surface area contributed by atoms with Crippen LogP contribution in [0.25, 0.3) is 10.9 Å². The van der Waals surface area contributed by atoms with Crippen molar-refractivity contribution >= 4 is 22.6 Å². The molecule has 1 aliphatic carbocycles. The summed E-state index contributed by atoms with van der Waals surface area (Å²) in [6.07, 6.45) is 8.82. The molecule has 3 aromatic rings. The first-order chi connectivity index (χ1) is 11.3. The summed E-state index contributed by atoms with van der Waals surface area (Å²) < 4.78 is 1.97. The second-order valence-corrected chi connectivity index (χ2v) is 6.18. The number of nitrogens with zero attached hydrogens (tertiary/aromatic N) is 2. The van der Waals surface area contributed by atoms with Crippen molar-refractivity contribution in [1.29, 1.82) is 0 Å². The predicted molar refractivity (Wildman–Crippen MR) is 90.4 cm³/mol. The van der Waals surface area contributed by atoms with Crippen molar-refractivity contribution in [3.05, 3.63) is 48.3 Å². The zero-order valence-electron chi connectivity index (χ0n) is 13.0. The Balaban J connectivity index is 1.49. The van der Waals surface area contributed by atoms with Crippen LogP contribution in [0, 0.1) is 0 Å². The number of benzene rings is 1. The Morgan fingerprint density at radius 1 is 1.26 bits per heavy atom. The molecule has 2 aromatic heterocycles. The van der Waals surface area contributed by atoms with E-state index in [0.717, 1.165) is 35.1 Å². The summed E-state index contributed by atoms with van der Waals surface area (Å²) in [6.45, 7) is 0. The third kappa shape index (κ3) is 2.74. The average molecular weight is 308 g/mol. The van der Waals surface area contributed by atoms with Crippen molar-refractivity contribution in [2.45, 2.75) is 38.1 Å². The zero-order valence-corrected chi connectivity index (χ0v) is 13.0. The van der Waals surface area contributed by atoms with Gasteiger partial charge >= 0.3 is 0 Å². The van der Waals surface area contributed by atoms with Crippen molar-refractivity contribution in [2.75, 3.05) is 5.32 Å². The average Bonchev–Trinajstić information content (AvgIpc) is 3.28. The van der Waals surface area contributed by atoms with Crippen LogP contribution in [-0.4, -0.2) is 20.7 Å². The lowest BCUT2D eigenvalue weighted by atomic mass is 10.1. The molecule has 0 aliphatic heterocycles. The van der Waals surface area contributed by atoms with E-state index in [4.69, 9.17) is 0 Å². The summed E-state index contributed by atoms with van der Waals surface area (Å²) in [5, 5.41) is 8.52. The number of anilines is 1. The Labute approximate surface area is 134 Å². The van der Waals surface area contributed by atoms with Gasteiger partial charge in [-0.2, -0.15) is 5.10 Å². The van der Waals surface area contributed by atoms with Gasteiger partial charge in [-0.15, -0.1) is 0 Å². The third-order valence-electron chi connectivity index (χ3n) is 4.63. The molecule has 4 rings (SSSR count). The Morgan fingerprint density at radius 2 is 2.09 bits per heavy atom. The van der Waals surface area contributed by atoms with Gasteiger partial charge in [-0.3, -0.25) is 4.79 Å². The first-order valence-electron chi connectivity index (χ1n) is 8.19. The quantitative estimate of drug-likeness (QED) is 0.772. The number of hydrogen-bond acceptors (Lipinski definition) is 2. The molecule has 0 atom stereocenters. The fourth-order valence-electron chi connectivity index (χ4n) is 3.49. The molecule has 5 heteroatoms. The molecule has 1 amide bonds. The number of hydrogen-bond donors (Lipinski definition) is 2. The van der Waals surface area contributed by atoms with Gasteiger partial charge in [-0.05, 0) is 24.5 Å². The van der Waals surface area contributed by atoms with Gasteiger partial charge in [0.25, 0.3) is 0 Å². The lowest BCUT2D eigenvalue weighted by Gasteiger charge is -2.14. The minimum atomic E-state index is -0.00509. The van der Waals surface area contributed by atoms with Gasteiger partial charge in [0.2, 0.25) is 5.91 Å². The van der Waals surface area contributed by atoms with Gasteiger partial charge in [0.15, 0.2) is 0 Å². The van der Waals surface area contributed by atoms with Crippen molar-refractivity contribution < 1.29 is 4.79 Å². The van der Waals surface area contributed by atoms with Crippen molar-refractivity contribution in [3.63, 3.8) is 0 Å². The monoisotopic (exact) mass is 308 g/mol. The number of fused-ring (bicyclic) bond motifs is 1. The van der Waals surface area contributed by atoms with Gasteiger partial charge in [-0.1, -0.05) is 31.0 Å². The molecule has 2 heterocycles. The molecule has 1 fully saturated rings. The van der Waals surface area contributed by atoms with Crippen LogP contribution in [0.5, 0.6) is 0 Å². The summed E-state index contributed by atoms with van der Waals surface area (Å²) in [4.78, 5) is 15.6. The molecule has 23 heavy (non-hydrogen) atoms. The van der Waals surface area contributed by atoms with E-state index in [1.807, 2.05) is 41.2 Å². The maximum absolute atomic E-state index is 12.4. The molecule has 5 nitrogen and oxygen atoms in total. The number of nitrogens with one attached hydrogen (secondary N) is 2. The number of carbonyl (C=O) groups is 1. The highest BCUT2D eigenvalue weighted by molar-refractivity contribution is 5.95. The van der Waals surface area contributed by atoms with E-state index in [0.29, 0.717) is 12.5 Å². The highest BCUT2D eigenvalue weighted by Crippen LogP contribution is 2.31. The van der Waals surface area contributed by atoms with E-state index < -0.39 is 0 Å². The Hall–Kier alpha value is -2.56. The number of rotatable bonds is 4. The summed E-state index contributed by atoms with van der Waals surface area (Å²) in [7, 11) is 0. The van der Waals surface area contributed by atoms with E-state index in [2.05, 4.69) is 15.4 Å². The number of amides is 1. The van der Waals surface area contributed by atoms with Gasteiger partial charge in [0.05, 0.1) is 18.7 Å². The molecule has 2 N–H and O–H groups in total. The number of aromatic amines is 1. The highest BCUT2D eigenvalue weighted by Gasteiger charge is 2.20. The molecule has 0 spiro atoms. The SMILES string of the molecule is O=C(Cc1c[nH]c2ccccc12)Nc1ccnn1C1CCCC1. The Kier molecular flexibility index (Phi) is 3.61. The van der Waals surface area contributed by atoms with Gasteiger partial charge in [-0.25, -0.2) is 4.68 Å². The second kappa shape index (κ2) is 5.91. The van der Waals surface area contributed by atoms with Crippen LogP contribution in [-0.2, 0) is 11.2 Å². The molecular formula is C18H20N4O. The minimum Gasteiger partial charge on any atom is -0.361 e. The largest absolute Gasteiger partial charge is 0.361 e. The van der Waals surface area contributed by atoms with E-state index in [1.54, 1.807) is 6.20 Å². The molecule has 0 saturated heterocycles. The molecular weight excluding hydrogens is 288 g/mol. The number of carbonyl (C=O) groups excluding carboxylic acids is 1. The van der Waals surface area contributed by atoms with Crippen LogP contribution < -0.4 is 5.32 Å². The third-order valence-corrected chi connectivity index (χ3v) is 4.63. The van der Waals surface area contributed by atoms with Crippen LogP contribution in [0.1, 0.15) is 37.3 Å². The fraction of sp³-hybridized carbons (Fsp3) is 0.333. The molecule has 0 bridgehead atoms. The van der Waals surface area contributed by atoms with Crippen LogP contribution in [0.15, 0.2) is 42.7 Å². The number of aromatic nitrogens is 3. The lowest BCUT2D eigenvalue weighted by Crippen LogP contribution is -2.19. The van der Waals surface area contributed by atoms with E-state index in [-0.39, 0.29) is 5.91 Å². The van der Waals surface area contributed by atoms with Crippen LogP contribution in [0.3, 0.4) is 0 Å². The minimum absolute atomic E-state index is 0.00509. The first kappa shape index (κ1) is 14.1. The maximum atomic E-state index is 12.4. The summed E-state index contributed by atoms with van der Waals surface area (Å²) in [5.41, 5.74) is 2.08. The molecule has 0 radical (unpaired) electrons. The Bertz CT molecular complexity index is 826. The molecule has 1 aromatic carbocycles. The van der Waals surface area contributed by atoms with Gasteiger partial charge < -0.3 is 10.3 Å². The summed E-state index contributed by atoms with van der Waals surface area (Å²) in [6, 6.07) is 10.3. The molecule has 118 valence electrons. The van der Waals surface area contributed by atoms with E-state index in [9.17, 15) is 4.79 Å². The highest BCUT2D eigenvalue weighted by atomic mass is 16.1. The lowest BCUT2D eigenvalue weighted by molar-refractivity contribution is -0.115. The van der Waals surface area contributed by atoms with E-state index in [1.165, 1.54) is 12.8 Å². The van der Waals surface area contributed by atoms with Crippen LogP contribution >= 0.6 is 0 Å². The van der Waals surface area contributed by atoms with Gasteiger partial charge in [0.1, 0.15) is 5.82 Å². The first-order valence-corrected chi connectivity index (χ1v) is 8.19. The molecule has 1 saturated carbocycles. The van der Waals surface area contributed by atoms with Crippen LogP contribution in [0.4, 0.5) is 5.82 Å². The zero-order chi connectivity index (χ0) is 15.6. The summed E-state index contributed by atoms with van der Waals surface area (Å²) >= 11 is 0. The Morgan fingerprint density at radius 3 is 2.96 bits per heavy atom. The number of H-pyrrole nitrogens is 1. The maximum Gasteiger partial charge on any atom is 0.230 e. The number of para-hydroxylation sites is 1. The van der Waals surface area contributed by atoms with E-state index >= 15 is 0 Å².